The number of nitrogens with zero attached hydrogens (tertiary/aromatic N) is 3. The predicted octanol–water partition coefficient (Wildman–Crippen LogP) is -2.53. The number of benzene rings is 1. The number of aliphatic hydroxyl groups is 7. The second-order valence-corrected chi connectivity index (χ2v) is 9.86. The maximum atomic E-state index is 13.5. The molecular formula is C24H36ClN3O14. The second kappa shape index (κ2) is 15.3. The second-order valence-electron chi connectivity index (χ2n) is 9.48. The molecule has 0 radical (unpaired) electrons. The lowest BCUT2D eigenvalue weighted by Crippen LogP contribution is -2.67. The first-order valence-electron chi connectivity index (χ1n) is 12.8. The zero-order valence-electron chi connectivity index (χ0n) is 22.7. The van der Waals surface area contributed by atoms with Gasteiger partial charge >= 0.3 is 6.03 Å². The molecule has 2 aliphatic rings. The summed E-state index contributed by atoms with van der Waals surface area (Å²) in [6, 6.07) is 3.69. The number of urea groups is 1. The Labute approximate surface area is 245 Å². The fourth-order valence-electron chi connectivity index (χ4n) is 4.76. The Kier molecular flexibility index (Phi) is 12.5. The third kappa shape index (κ3) is 7.03. The molecule has 2 aliphatic heterocycles. The first-order valence-corrected chi connectivity index (χ1v) is 13.4. The van der Waals surface area contributed by atoms with Crippen molar-refractivity contribution in [1.82, 2.24) is 9.91 Å². The third-order valence-corrected chi connectivity index (χ3v) is 7.14. The van der Waals surface area contributed by atoms with E-state index in [0.717, 1.165) is 4.90 Å². The van der Waals surface area contributed by atoms with Gasteiger partial charge in [-0.15, -0.1) is 16.5 Å². The van der Waals surface area contributed by atoms with Crippen LogP contribution in [-0.4, -0.2) is 153 Å². The van der Waals surface area contributed by atoms with Crippen LogP contribution in [0.25, 0.3) is 0 Å². The molecule has 2 amide bonds. The molecule has 10 atom stereocenters. The van der Waals surface area contributed by atoms with Gasteiger partial charge in [0.1, 0.15) is 48.8 Å². The molecule has 0 aromatic heterocycles. The third-order valence-electron chi connectivity index (χ3n) is 6.97. The van der Waals surface area contributed by atoms with Gasteiger partial charge in [0, 0.05) is 11.4 Å². The van der Waals surface area contributed by atoms with Crippen LogP contribution >= 0.6 is 11.6 Å². The van der Waals surface area contributed by atoms with E-state index in [0.29, 0.717) is 16.3 Å². The Balaban J connectivity index is 1.94. The molecule has 3 rings (SSSR count). The Bertz CT molecular complexity index is 1040. The number of halogens is 1. The zero-order valence-corrected chi connectivity index (χ0v) is 23.5. The van der Waals surface area contributed by atoms with Crippen molar-refractivity contribution in [3.05, 3.63) is 28.7 Å². The van der Waals surface area contributed by atoms with E-state index in [2.05, 4.69) is 5.29 Å². The van der Waals surface area contributed by atoms with Crippen molar-refractivity contribution in [3.63, 3.8) is 0 Å². The predicted molar refractivity (Wildman–Crippen MR) is 140 cm³/mol. The highest BCUT2D eigenvalue weighted by Crippen LogP contribution is 2.35. The van der Waals surface area contributed by atoms with Crippen molar-refractivity contribution >= 4 is 17.6 Å². The molecule has 2 fully saturated rings. The van der Waals surface area contributed by atoms with Crippen LogP contribution in [0.2, 0.25) is 0 Å². The Hall–Kier alpha value is -2.42. The van der Waals surface area contributed by atoms with E-state index >= 15 is 0 Å². The van der Waals surface area contributed by atoms with Gasteiger partial charge in [0.15, 0.2) is 24.0 Å². The van der Waals surface area contributed by atoms with E-state index in [-0.39, 0.29) is 24.7 Å². The van der Waals surface area contributed by atoms with Crippen LogP contribution in [0.1, 0.15) is 5.56 Å². The van der Waals surface area contributed by atoms with E-state index in [1.807, 2.05) is 0 Å². The molecule has 18 heteroatoms. The molecule has 238 valence electrons. The van der Waals surface area contributed by atoms with Gasteiger partial charge in [-0.1, -0.05) is 12.1 Å². The summed E-state index contributed by atoms with van der Waals surface area (Å²) >= 11 is 5.72. The summed E-state index contributed by atoms with van der Waals surface area (Å²) in [4.78, 5) is 25.8. The number of aliphatic hydroxyl groups excluding tert-OH is 7. The standard InChI is InChI=1S/C24H36ClN3O14/c1-38-12-5-3-4-11(20(12)39-2)8-27(24(36)28(26-37)7-6-25)22-18(34)17(33)21(14(10-30)40-22)42-23-19(35)16(32)15(31)13(9-29)41-23/h3-5,13-19,21-23,29-35H,6-10H2,1-2H3/t13-,14-,15-,16+,17-,18-,19-,21-,22?,23-/m1/s1. The highest BCUT2D eigenvalue weighted by atomic mass is 35.5. The number of hydrogen-bond donors (Lipinski definition) is 7. The lowest BCUT2D eigenvalue weighted by Gasteiger charge is -2.48. The number of rotatable bonds is 12. The molecular weight excluding hydrogens is 590 g/mol. The summed E-state index contributed by atoms with van der Waals surface area (Å²) in [6.07, 6.45) is -17.1. The van der Waals surface area contributed by atoms with Crippen LogP contribution in [0.3, 0.4) is 0 Å². The summed E-state index contributed by atoms with van der Waals surface area (Å²) in [7, 11) is 2.76. The summed E-state index contributed by atoms with van der Waals surface area (Å²) in [6.45, 7) is -2.28. The van der Waals surface area contributed by atoms with Crippen molar-refractivity contribution in [2.24, 2.45) is 5.29 Å². The average Bonchev–Trinajstić information content (AvgIpc) is 3.00. The number of ether oxygens (including phenoxy) is 5. The Morgan fingerprint density at radius 3 is 2.21 bits per heavy atom. The summed E-state index contributed by atoms with van der Waals surface area (Å²) in [5.41, 5.74) is 0.340. The maximum absolute atomic E-state index is 13.5. The lowest BCUT2D eigenvalue weighted by molar-refractivity contribution is -0.347. The van der Waals surface area contributed by atoms with Gasteiger partial charge < -0.3 is 59.4 Å². The largest absolute Gasteiger partial charge is 0.493 e. The van der Waals surface area contributed by atoms with Crippen LogP contribution in [0.4, 0.5) is 4.79 Å². The molecule has 1 aromatic rings. The van der Waals surface area contributed by atoms with Gasteiger partial charge in [-0.3, -0.25) is 4.90 Å². The SMILES string of the molecule is COc1cccc(CN(C(=O)N(CCCl)N=O)C2O[C@H](CO)[C@@H](O[C@H]3O[C@H](CO)[C@@H](O)[C@H](O)[C@H]3O)[C@H](O)[C@H]2O)c1OC. The van der Waals surface area contributed by atoms with Gasteiger partial charge in [-0.25, -0.2) is 4.79 Å². The Morgan fingerprint density at radius 2 is 1.64 bits per heavy atom. The smallest absolute Gasteiger partial charge is 0.345 e. The Morgan fingerprint density at radius 1 is 0.952 bits per heavy atom. The van der Waals surface area contributed by atoms with Crippen LogP contribution in [0, 0.1) is 4.91 Å². The number of methoxy groups -OCH3 is 2. The molecule has 0 saturated carbocycles. The molecule has 17 nitrogen and oxygen atoms in total. The minimum Gasteiger partial charge on any atom is -0.493 e. The molecule has 0 aliphatic carbocycles. The topological polar surface area (TPSA) is 241 Å². The highest BCUT2D eigenvalue weighted by molar-refractivity contribution is 6.18. The number of carbonyl (C=O) groups is 1. The fourth-order valence-corrected chi connectivity index (χ4v) is 4.92. The maximum Gasteiger partial charge on any atom is 0.345 e. The first-order chi connectivity index (χ1) is 20.1. The van der Waals surface area contributed by atoms with Gasteiger partial charge in [0.2, 0.25) is 0 Å². The number of nitroso groups, excluding NO2 is 1. The zero-order chi connectivity index (χ0) is 31.1. The molecule has 2 saturated heterocycles. The average molecular weight is 626 g/mol. The van der Waals surface area contributed by atoms with Crippen molar-refractivity contribution in [1.29, 1.82) is 0 Å². The van der Waals surface area contributed by atoms with Crippen LogP contribution in [0.5, 0.6) is 11.5 Å². The van der Waals surface area contributed by atoms with E-state index in [1.54, 1.807) is 18.2 Å². The van der Waals surface area contributed by atoms with Gasteiger partial charge in [0.05, 0.1) is 45.8 Å². The van der Waals surface area contributed by atoms with Crippen LogP contribution in [0.15, 0.2) is 23.5 Å². The number of alkyl halides is 1. The molecule has 2 heterocycles. The van der Waals surface area contributed by atoms with Gasteiger partial charge in [-0.2, -0.15) is 5.01 Å². The van der Waals surface area contributed by atoms with Crippen molar-refractivity contribution in [2.45, 2.75) is 67.9 Å². The normalized spacial score (nSPS) is 33.1. The van der Waals surface area contributed by atoms with Crippen LogP contribution in [-0.2, 0) is 20.8 Å². The molecule has 42 heavy (non-hydrogen) atoms. The highest BCUT2D eigenvalue weighted by Gasteiger charge is 2.52. The van der Waals surface area contributed by atoms with Crippen molar-refractivity contribution in [2.75, 3.05) is 39.9 Å². The summed E-state index contributed by atoms with van der Waals surface area (Å²) in [5, 5.41) is 75.4. The monoisotopic (exact) mass is 625 g/mol. The van der Waals surface area contributed by atoms with Gasteiger partial charge in [-0.05, 0) is 6.07 Å². The number of hydrogen-bond acceptors (Lipinski definition) is 15. The minimum absolute atomic E-state index is 0.168. The molecule has 0 spiro atoms. The van der Waals surface area contributed by atoms with Crippen LogP contribution < -0.4 is 9.47 Å². The summed E-state index contributed by atoms with van der Waals surface area (Å²) in [5.74, 6) is 0.354. The number of para-hydroxylation sites is 1. The number of carbonyl (C=O) groups excluding carboxylic acids is 1. The number of amides is 2. The molecule has 1 unspecified atom stereocenters. The van der Waals surface area contributed by atoms with E-state index < -0.39 is 80.6 Å². The van der Waals surface area contributed by atoms with E-state index in [9.17, 15) is 45.4 Å². The lowest BCUT2D eigenvalue weighted by atomic mass is 9.96. The molecule has 1 aromatic carbocycles. The van der Waals surface area contributed by atoms with E-state index in [1.165, 1.54) is 14.2 Å². The molecule has 7 N–H and O–H groups in total. The van der Waals surface area contributed by atoms with E-state index in [4.69, 9.17) is 35.3 Å². The van der Waals surface area contributed by atoms with Crippen molar-refractivity contribution < 1.29 is 64.2 Å². The first kappa shape index (κ1) is 34.1. The summed E-state index contributed by atoms with van der Waals surface area (Å²) < 4.78 is 27.4. The van der Waals surface area contributed by atoms with Gasteiger partial charge in [0.25, 0.3) is 0 Å². The molecule has 0 bridgehead atoms. The fraction of sp³-hybridized carbons (Fsp3) is 0.708. The minimum atomic E-state index is -1.95. The van der Waals surface area contributed by atoms with Crippen molar-refractivity contribution in [3.8, 4) is 11.5 Å². The quantitative estimate of drug-likeness (QED) is 0.0720.